The number of nitrogens with one attached hydrogen (secondary N) is 1. The molecule has 2 rings (SSSR count). The van der Waals surface area contributed by atoms with Gasteiger partial charge >= 0.3 is 0 Å². The van der Waals surface area contributed by atoms with Gasteiger partial charge in [-0.05, 0) is 38.1 Å². The molecule has 1 aromatic carbocycles. The number of amides is 2. The van der Waals surface area contributed by atoms with E-state index >= 15 is 0 Å². The van der Waals surface area contributed by atoms with Gasteiger partial charge in [-0.15, -0.1) is 0 Å². The van der Waals surface area contributed by atoms with Crippen LogP contribution in [0, 0.1) is 5.41 Å². The number of nitrogen functional groups attached to an aromatic ring is 1. The molecule has 2 amide bonds. The van der Waals surface area contributed by atoms with Gasteiger partial charge < -0.3 is 21.2 Å². The van der Waals surface area contributed by atoms with Gasteiger partial charge in [0, 0.05) is 17.6 Å². The Morgan fingerprint density at radius 3 is 2.65 bits per heavy atom. The monoisotopic (exact) mass is 275 g/mol. The molecule has 6 heteroatoms. The lowest BCUT2D eigenvalue weighted by molar-refractivity contribution is -0.125. The molecular formula is C14H17N3O3. The molecule has 0 bridgehead atoms. The van der Waals surface area contributed by atoms with Crippen molar-refractivity contribution in [1.82, 2.24) is 5.32 Å². The number of fused-ring (bicyclic) bond motifs is 1. The third-order valence-corrected chi connectivity index (χ3v) is 3.12. The van der Waals surface area contributed by atoms with Crippen LogP contribution in [-0.2, 0) is 4.79 Å². The highest BCUT2D eigenvalue weighted by Gasteiger charge is 2.26. The minimum absolute atomic E-state index is 0.139. The summed E-state index contributed by atoms with van der Waals surface area (Å²) in [6.45, 7) is 3.46. The lowest BCUT2D eigenvalue weighted by Gasteiger charge is -2.20. The number of furan rings is 1. The molecule has 1 aromatic heterocycles. The van der Waals surface area contributed by atoms with Crippen molar-refractivity contribution in [3.05, 3.63) is 30.0 Å². The fourth-order valence-electron chi connectivity index (χ4n) is 1.65. The Morgan fingerprint density at radius 1 is 1.30 bits per heavy atom. The Bertz CT molecular complexity index is 673. The molecule has 0 spiro atoms. The van der Waals surface area contributed by atoms with Gasteiger partial charge in [0.05, 0.1) is 5.41 Å². The molecule has 0 aliphatic rings. The molecule has 1 heterocycles. The standard InChI is InChI=1S/C14H17N3O3/c1-14(2,13(16)19)7-17-12(18)11-6-8-5-9(15)3-4-10(8)20-11/h3-6H,7,15H2,1-2H3,(H2,16,19)(H,17,18). The number of nitrogens with two attached hydrogens (primary N) is 2. The highest BCUT2D eigenvalue weighted by Crippen LogP contribution is 2.22. The Morgan fingerprint density at radius 2 is 2.00 bits per heavy atom. The SMILES string of the molecule is CC(C)(CNC(=O)c1cc2cc(N)ccc2o1)C(N)=O. The number of rotatable bonds is 4. The van der Waals surface area contributed by atoms with Gasteiger partial charge in [0.15, 0.2) is 5.76 Å². The molecule has 0 aliphatic carbocycles. The number of carbonyl (C=O) groups excluding carboxylic acids is 2. The molecule has 6 nitrogen and oxygen atoms in total. The average molecular weight is 275 g/mol. The zero-order chi connectivity index (χ0) is 14.9. The molecule has 0 atom stereocenters. The van der Waals surface area contributed by atoms with Crippen LogP contribution in [0.1, 0.15) is 24.4 Å². The van der Waals surface area contributed by atoms with Crippen molar-refractivity contribution in [3.8, 4) is 0 Å². The fraction of sp³-hybridized carbons (Fsp3) is 0.286. The van der Waals surface area contributed by atoms with E-state index in [4.69, 9.17) is 15.9 Å². The van der Waals surface area contributed by atoms with E-state index < -0.39 is 17.2 Å². The van der Waals surface area contributed by atoms with Crippen molar-refractivity contribution in [3.63, 3.8) is 0 Å². The summed E-state index contributed by atoms with van der Waals surface area (Å²) in [5, 5.41) is 3.39. The Hall–Kier alpha value is -2.50. The van der Waals surface area contributed by atoms with Gasteiger partial charge in [-0.1, -0.05) is 0 Å². The molecule has 0 aliphatic heterocycles. The van der Waals surface area contributed by atoms with E-state index in [0.717, 1.165) is 5.39 Å². The smallest absolute Gasteiger partial charge is 0.287 e. The van der Waals surface area contributed by atoms with Crippen molar-refractivity contribution < 1.29 is 14.0 Å². The highest BCUT2D eigenvalue weighted by atomic mass is 16.3. The first-order valence-corrected chi connectivity index (χ1v) is 6.17. The van der Waals surface area contributed by atoms with Crippen LogP contribution in [0.3, 0.4) is 0 Å². The van der Waals surface area contributed by atoms with Gasteiger partial charge in [0.25, 0.3) is 5.91 Å². The third kappa shape index (κ3) is 2.74. The van der Waals surface area contributed by atoms with Crippen LogP contribution in [0.5, 0.6) is 0 Å². The summed E-state index contributed by atoms with van der Waals surface area (Å²) in [4.78, 5) is 23.2. The van der Waals surface area contributed by atoms with Crippen molar-refractivity contribution in [2.24, 2.45) is 11.1 Å². The summed E-state index contributed by atoms with van der Waals surface area (Å²) < 4.78 is 5.43. The molecule has 2 aromatic rings. The number of hydrogen-bond acceptors (Lipinski definition) is 4. The van der Waals surface area contributed by atoms with E-state index in [0.29, 0.717) is 11.3 Å². The lowest BCUT2D eigenvalue weighted by Crippen LogP contribution is -2.42. The van der Waals surface area contributed by atoms with Crippen LogP contribution >= 0.6 is 0 Å². The Kier molecular flexibility index (Phi) is 3.40. The molecule has 0 unspecified atom stereocenters. The second-order valence-electron chi connectivity index (χ2n) is 5.34. The van der Waals surface area contributed by atoms with E-state index in [1.807, 2.05) is 0 Å². The maximum Gasteiger partial charge on any atom is 0.287 e. The molecule has 5 N–H and O–H groups in total. The number of anilines is 1. The first-order chi connectivity index (χ1) is 9.29. The molecule has 0 saturated carbocycles. The van der Waals surface area contributed by atoms with Gasteiger partial charge in [-0.2, -0.15) is 0 Å². The quantitative estimate of drug-likeness (QED) is 0.729. The number of benzene rings is 1. The zero-order valence-corrected chi connectivity index (χ0v) is 11.4. The minimum atomic E-state index is -0.813. The zero-order valence-electron chi connectivity index (χ0n) is 11.4. The topological polar surface area (TPSA) is 111 Å². The van der Waals surface area contributed by atoms with Crippen LogP contribution in [0.15, 0.2) is 28.7 Å². The molecule has 0 fully saturated rings. The van der Waals surface area contributed by atoms with Gasteiger partial charge in [-0.25, -0.2) is 0 Å². The van der Waals surface area contributed by atoms with E-state index in [2.05, 4.69) is 5.32 Å². The van der Waals surface area contributed by atoms with Gasteiger partial charge in [0.1, 0.15) is 5.58 Å². The second-order valence-corrected chi connectivity index (χ2v) is 5.34. The van der Waals surface area contributed by atoms with Crippen LogP contribution in [0.25, 0.3) is 11.0 Å². The van der Waals surface area contributed by atoms with Crippen molar-refractivity contribution >= 4 is 28.5 Å². The predicted octanol–water partition coefficient (Wildman–Crippen LogP) is 1.26. The van der Waals surface area contributed by atoms with Crippen molar-refractivity contribution in [1.29, 1.82) is 0 Å². The van der Waals surface area contributed by atoms with E-state index in [1.54, 1.807) is 38.1 Å². The van der Waals surface area contributed by atoms with Gasteiger partial charge in [0.2, 0.25) is 5.91 Å². The van der Waals surface area contributed by atoms with Crippen LogP contribution in [-0.4, -0.2) is 18.4 Å². The summed E-state index contributed by atoms with van der Waals surface area (Å²) in [6, 6.07) is 6.74. The summed E-state index contributed by atoms with van der Waals surface area (Å²) in [7, 11) is 0. The summed E-state index contributed by atoms with van der Waals surface area (Å²) >= 11 is 0. The summed E-state index contributed by atoms with van der Waals surface area (Å²) in [6.07, 6.45) is 0. The molecule has 0 saturated heterocycles. The van der Waals surface area contributed by atoms with Crippen molar-refractivity contribution in [2.45, 2.75) is 13.8 Å². The normalized spacial score (nSPS) is 11.5. The number of primary amides is 1. The predicted molar refractivity (Wildman–Crippen MR) is 75.9 cm³/mol. The lowest BCUT2D eigenvalue weighted by atomic mass is 9.93. The second kappa shape index (κ2) is 4.88. The maximum absolute atomic E-state index is 12.0. The fourth-order valence-corrected chi connectivity index (χ4v) is 1.65. The van der Waals surface area contributed by atoms with Crippen LogP contribution in [0.2, 0.25) is 0 Å². The summed E-state index contributed by atoms with van der Waals surface area (Å²) in [5.41, 5.74) is 11.3. The van der Waals surface area contributed by atoms with Crippen molar-refractivity contribution in [2.75, 3.05) is 12.3 Å². The summed E-state index contributed by atoms with van der Waals surface area (Å²) in [5.74, 6) is -0.699. The highest BCUT2D eigenvalue weighted by molar-refractivity contribution is 5.97. The number of carbonyl (C=O) groups is 2. The first kappa shape index (κ1) is 13.9. The van der Waals surface area contributed by atoms with E-state index in [1.165, 1.54) is 0 Å². The molecule has 20 heavy (non-hydrogen) atoms. The van der Waals surface area contributed by atoms with E-state index in [9.17, 15) is 9.59 Å². The van der Waals surface area contributed by atoms with Crippen LogP contribution in [0.4, 0.5) is 5.69 Å². The Balaban J connectivity index is 2.14. The molecule has 106 valence electrons. The molecule has 0 radical (unpaired) electrons. The van der Waals surface area contributed by atoms with Crippen LogP contribution < -0.4 is 16.8 Å². The first-order valence-electron chi connectivity index (χ1n) is 6.17. The maximum atomic E-state index is 12.0. The van der Waals surface area contributed by atoms with E-state index in [-0.39, 0.29) is 12.3 Å². The average Bonchev–Trinajstić information content (AvgIpc) is 2.78. The van der Waals surface area contributed by atoms with Gasteiger partial charge in [-0.3, -0.25) is 9.59 Å². The Labute approximate surface area is 116 Å². The largest absolute Gasteiger partial charge is 0.451 e. The molecular weight excluding hydrogens is 258 g/mol. The minimum Gasteiger partial charge on any atom is -0.451 e. The number of hydrogen-bond donors (Lipinski definition) is 3. The third-order valence-electron chi connectivity index (χ3n) is 3.12.